The zero-order valence-electron chi connectivity index (χ0n) is 15.2. The Hall–Kier alpha value is -1.54. The van der Waals surface area contributed by atoms with Gasteiger partial charge in [0.1, 0.15) is 0 Å². The van der Waals surface area contributed by atoms with Crippen LogP contribution in [0.4, 0.5) is 57.1 Å². The molecule has 1 aliphatic rings. The van der Waals surface area contributed by atoms with Crippen LogP contribution in [0, 0.1) is 17.3 Å². The SMILES string of the molecule is C=C(F)C(=O)CC(C1CCC(C(O)(C(F)(F)F)C(F)(F)F)CC1)(C(F)(F)F)C(F)(F)F. The Labute approximate surface area is 166 Å². The van der Waals surface area contributed by atoms with E-state index in [0.29, 0.717) is 0 Å². The molecule has 0 aromatic heterocycles. The van der Waals surface area contributed by atoms with Crippen molar-refractivity contribution in [3.8, 4) is 0 Å². The van der Waals surface area contributed by atoms with Crippen molar-refractivity contribution in [2.45, 2.75) is 62.4 Å². The Morgan fingerprint density at radius 3 is 1.29 bits per heavy atom. The molecule has 0 aromatic rings. The molecule has 0 bridgehead atoms. The molecule has 0 aromatic carbocycles. The molecule has 0 heterocycles. The first-order chi connectivity index (χ1) is 13.5. The van der Waals surface area contributed by atoms with E-state index in [1.54, 1.807) is 0 Å². The minimum atomic E-state index is -6.31. The summed E-state index contributed by atoms with van der Waals surface area (Å²) >= 11 is 0. The first kappa shape index (κ1) is 27.5. The lowest BCUT2D eigenvalue weighted by Crippen LogP contribution is -2.63. The van der Waals surface area contributed by atoms with E-state index in [1.807, 2.05) is 0 Å². The van der Waals surface area contributed by atoms with Gasteiger partial charge >= 0.3 is 24.7 Å². The predicted molar refractivity (Wildman–Crippen MR) is 76.9 cm³/mol. The van der Waals surface area contributed by atoms with E-state index in [4.69, 9.17) is 0 Å². The molecule has 31 heavy (non-hydrogen) atoms. The summed E-state index contributed by atoms with van der Waals surface area (Å²) in [5, 5.41) is 9.33. The van der Waals surface area contributed by atoms with Crippen molar-refractivity contribution < 1.29 is 67.0 Å². The fraction of sp³-hybridized carbons (Fsp3) is 0.812. The topological polar surface area (TPSA) is 37.3 Å². The van der Waals surface area contributed by atoms with Gasteiger partial charge in [-0.25, -0.2) is 4.39 Å². The largest absolute Gasteiger partial charge is 0.426 e. The highest BCUT2D eigenvalue weighted by Gasteiger charge is 2.77. The van der Waals surface area contributed by atoms with E-state index in [-0.39, 0.29) is 0 Å². The van der Waals surface area contributed by atoms with Gasteiger partial charge in [-0.05, 0) is 31.6 Å². The monoisotopic (exact) mass is 486 g/mol. The third-order valence-electron chi connectivity index (χ3n) is 5.63. The van der Waals surface area contributed by atoms with Crippen molar-refractivity contribution in [1.29, 1.82) is 0 Å². The third-order valence-corrected chi connectivity index (χ3v) is 5.63. The Balaban J connectivity index is 3.41. The van der Waals surface area contributed by atoms with Crippen LogP contribution in [-0.2, 0) is 4.79 Å². The van der Waals surface area contributed by atoms with Crippen LogP contribution in [0.3, 0.4) is 0 Å². The van der Waals surface area contributed by atoms with Crippen LogP contribution in [0.2, 0.25) is 0 Å². The molecule has 0 aliphatic heterocycles. The molecular weight excluding hydrogens is 471 g/mol. The van der Waals surface area contributed by atoms with Crippen molar-refractivity contribution in [2.75, 3.05) is 0 Å². The van der Waals surface area contributed by atoms with Gasteiger partial charge < -0.3 is 5.11 Å². The molecule has 1 aliphatic carbocycles. The summed E-state index contributed by atoms with van der Waals surface area (Å²) in [5.41, 5.74) is -10.3. The maximum atomic E-state index is 13.6. The molecule has 182 valence electrons. The van der Waals surface area contributed by atoms with E-state index in [2.05, 4.69) is 6.58 Å². The average molecular weight is 486 g/mol. The zero-order chi connectivity index (χ0) is 24.8. The lowest BCUT2D eigenvalue weighted by Gasteiger charge is -2.47. The van der Waals surface area contributed by atoms with Crippen LogP contribution in [0.25, 0.3) is 0 Å². The molecule has 1 N–H and O–H groups in total. The van der Waals surface area contributed by atoms with E-state index < -0.39 is 91.3 Å². The Morgan fingerprint density at radius 1 is 0.710 bits per heavy atom. The fourth-order valence-corrected chi connectivity index (χ4v) is 3.95. The normalized spacial score (nSPS) is 22.4. The van der Waals surface area contributed by atoms with Gasteiger partial charge in [-0.2, -0.15) is 52.7 Å². The predicted octanol–water partition coefficient (Wildman–Crippen LogP) is 6.20. The molecule has 0 amide bonds. The van der Waals surface area contributed by atoms with Crippen molar-refractivity contribution in [2.24, 2.45) is 17.3 Å². The zero-order valence-corrected chi connectivity index (χ0v) is 15.2. The molecule has 0 radical (unpaired) electrons. The second kappa shape index (κ2) is 8.10. The highest BCUT2D eigenvalue weighted by atomic mass is 19.4. The fourth-order valence-electron chi connectivity index (χ4n) is 3.95. The van der Waals surface area contributed by atoms with E-state index in [1.165, 1.54) is 0 Å². The quantitative estimate of drug-likeness (QED) is 0.371. The van der Waals surface area contributed by atoms with Gasteiger partial charge in [0, 0.05) is 12.3 Å². The average Bonchev–Trinajstić information content (AvgIpc) is 2.54. The van der Waals surface area contributed by atoms with Crippen LogP contribution in [0.5, 0.6) is 0 Å². The molecule has 0 unspecified atom stereocenters. The summed E-state index contributed by atoms with van der Waals surface area (Å²) in [4.78, 5) is 11.4. The molecule has 1 saturated carbocycles. The maximum absolute atomic E-state index is 13.6. The number of carbonyl (C=O) groups excluding carboxylic acids is 1. The lowest BCUT2D eigenvalue weighted by atomic mass is 9.61. The number of halogens is 13. The highest BCUT2D eigenvalue weighted by molar-refractivity contribution is 5.93. The first-order valence-corrected chi connectivity index (χ1v) is 8.41. The van der Waals surface area contributed by atoms with Crippen LogP contribution in [0.1, 0.15) is 32.1 Å². The van der Waals surface area contributed by atoms with Crippen molar-refractivity contribution in [1.82, 2.24) is 0 Å². The summed E-state index contributed by atoms with van der Waals surface area (Å²) in [7, 11) is 0. The summed E-state index contributed by atoms with van der Waals surface area (Å²) in [6.45, 7) is 2.31. The van der Waals surface area contributed by atoms with E-state index in [9.17, 15) is 67.0 Å². The number of ketones is 1. The second-order valence-corrected chi connectivity index (χ2v) is 7.28. The summed E-state index contributed by atoms with van der Waals surface area (Å²) < 4.78 is 172. The minimum absolute atomic E-state index is 1.50. The summed E-state index contributed by atoms with van der Waals surface area (Å²) in [6.07, 6.45) is -33.7. The number of hydrogen-bond acceptors (Lipinski definition) is 2. The smallest absolute Gasteiger partial charge is 0.373 e. The number of hydrogen-bond donors (Lipinski definition) is 1. The van der Waals surface area contributed by atoms with Crippen LogP contribution >= 0.6 is 0 Å². The van der Waals surface area contributed by atoms with Gasteiger partial charge in [-0.15, -0.1) is 0 Å². The third kappa shape index (κ3) is 4.65. The number of aliphatic hydroxyl groups is 1. The van der Waals surface area contributed by atoms with Crippen molar-refractivity contribution >= 4 is 5.78 Å². The van der Waals surface area contributed by atoms with Gasteiger partial charge in [-0.1, -0.05) is 6.58 Å². The van der Waals surface area contributed by atoms with Gasteiger partial charge in [0.25, 0.3) is 5.60 Å². The highest BCUT2D eigenvalue weighted by Crippen LogP contribution is 2.62. The summed E-state index contributed by atoms with van der Waals surface area (Å²) in [6, 6.07) is 0. The van der Waals surface area contributed by atoms with E-state index >= 15 is 0 Å². The number of Topliss-reactive ketones (excluding diaryl/α,β-unsaturated/α-hetero) is 1. The van der Waals surface area contributed by atoms with E-state index in [0.717, 1.165) is 0 Å². The molecule has 0 atom stereocenters. The number of allylic oxidation sites excluding steroid dienone is 1. The van der Waals surface area contributed by atoms with Crippen LogP contribution in [-0.4, -0.2) is 41.2 Å². The maximum Gasteiger partial charge on any atom is 0.426 e. The lowest BCUT2D eigenvalue weighted by molar-refractivity contribution is -0.391. The molecule has 1 rings (SSSR count). The van der Waals surface area contributed by atoms with Crippen LogP contribution in [0.15, 0.2) is 12.4 Å². The molecule has 0 saturated heterocycles. The molecule has 2 nitrogen and oxygen atoms in total. The Bertz CT molecular complexity index is 648. The molecule has 15 heteroatoms. The Kier molecular flexibility index (Phi) is 7.19. The second-order valence-electron chi connectivity index (χ2n) is 7.28. The Morgan fingerprint density at radius 2 is 1.03 bits per heavy atom. The molecular formula is C16H15F13O2. The minimum Gasteiger partial charge on any atom is -0.373 e. The number of alkyl halides is 12. The van der Waals surface area contributed by atoms with Gasteiger partial charge in [0.2, 0.25) is 0 Å². The molecule has 1 fully saturated rings. The molecule has 0 spiro atoms. The van der Waals surface area contributed by atoms with Crippen molar-refractivity contribution in [3.05, 3.63) is 12.4 Å². The number of rotatable bonds is 5. The van der Waals surface area contributed by atoms with Crippen LogP contribution < -0.4 is 0 Å². The van der Waals surface area contributed by atoms with Gasteiger partial charge in [0.05, 0.1) is 0 Å². The van der Waals surface area contributed by atoms with Gasteiger partial charge in [0.15, 0.2) is 17.0 Å². The first-order valence-electron chi connectivity index (χ1n) is 8.41. The van der Waals surface area contributed by atoms with Crippen molar-refractivity contribution in [3.63, 3.8) is 0 Å². The number of carbonyl (C=O) groups is 1. The van der Waals surface area contributed by atoms with Gasteiger partial charge in [-0.3, -0.25) is 4.79 Å². The standard InChI is InChI=1S/C16H15F13O2/c1-7(17)10(30)6-11(13(18,19)20,14(21,22)23)8-2-4-9(5-3-8)12(31,15(24,25)26)16(27,28)29/h8-9,31H,1-6H2. The summed E-state index contributed by atoms with van der Waals surface area (Å²) in [5.74, 6) is -9.87.